The molecule has 4 nitrogen and oxygen atoms in total. The van der Waals surface area contributed by atoms with Crippen LogP contribution in [0.3, 0.4) is 0 Å². The van der Waals surface area contributed by atoms with Crippen molar-refractivity contribution in [2.45, 2.75) is 82.3 Å². The predicted octanol–water partition coefficient (Wildman–Crippen LogP) is 4.41. The van der Waals surface area contributed by atoms with Crippen LogP contribution in [0.2, 0.25) is 18.1 Å². The highest BCUT2D eigenvalue weighted by atomic mass is 28.4. The lowest BCUT2D eigenvalue weighted by Crippen LogP contribution is -2.51. The zero-order valence-corrected chi connectivity index (χ0v) is 17.1. The lowest BCUT2D eigenvalue weighted by Gasteiger charge is -2.45. The summed E-state index contributed by atoms with van der Waals surface area (Å²) >= 11 is 0. The molecule has 2 fully saturated rings. The summed E-state index contributed by atoms with van der Waals surface area (Å²) in [6.45, 7) is 11.8. The van der Waals surface area contributed by atoms with Gasteiger partial charge in [0, 0.05) is 18.4 Å². The molecule has 25 heavy (non-hydrogen) atoms. The minimum Gasteiger partial charge on any atom is -0.414 e. The molecule has 1 aliphatic heterocycles. The van der Waals surface area contributed by atoms with E-state index in [4.69, 9.17) is 13.9 Å². The smallest absolute Gasteiger partial charge is 0.192 e. The van der Waals surface area contributed by atoms with Crippen molar-refractivity contribution in [1.29, 1.82) is 0 Å². The number of aliphatic hydroxyl groups excluding tert-OH is 1. The largest absolute Gasteiger partial charge is 0.414 e. The van der Waals surface area contributed by atoms with Crippen LogP contribution in [-0.2, 0) is 13.9 Å². The van der Waals surface area contributed by atoms with Gasteiger partial charge < -0.3 is 19.0 Å². The monoisotopic (exact) mass is 364 g/mol. The Balaban J connectivity index is 1.71. The van der Waals surface area contributed by atoms with Crippen molar-refractivity contribution in [3.63, 3.8) is 0 Å². The number of ether oxygens (including phenoxy) is 2. The average molecular weight is 365 g/mol. The second-order valence-electron chi connectivity index (χ2n) is 9.15. The van der Waals surface area contributed by atoms with E-state index in [9.17, 15) is 5.11 Å². The summed E-state index contributed by atoms with van der Waals surface area (Å²) in [7, 11) is -1.88. The zero-order chi connectivity index (χ0) is 18.3. The van der Waals surface area contributed by atoms with Crippen molar-refractivity contribution < 1.29 is 19.0 Å². The third kappa shape index (κ3) is 4.17. The van der Waals surface area contributed by atoms with Crippen molar-refractivity contribution in [2.24, 2.45) is 0 Å². The maximum absolute atomic E-state index is 10.5. The molecule has 1 saturated carbocycles. The van der Waals surface area contributed by atoms with Gasteiger partial charge in [-0.3, -0.25) is 0 Å². The van der Waals surface area contributed by atoms with Crippen LogP contribution in [-0.4, -0.2) is 37.8 Å². The third-order valence-corrected chi connectivity index (χ3v) is 10.5. The van der Waals surface area contributed by atoms with Gasteiger partial charge in [0.05, 0.1) is 24.4 Å². The molecule has 3 rings (SSSR count). The van der Waals surface area contributed by atoms with Crippen molar-refractivity contribution >= 4 is 8.32 Å². The minimum absolute atomic E-state index is 0.0303. The topological polar surface area (TPSA) is 47.9 Å². The van der Waals surface area contributed by atoms with E-state index >= 15 is 0 Å². The number of hydrogen-bond acceptors (Lipinski definition) is 4. The van der Waals surface area contributed by atoms with E-state index < -0.39 is 20.0 Å². The molecular weight excluding hydrogens is 332 g/mol. The molecule has 0 aromatic heterocycles. The van der Waals surface area contributed by atoms with Gasteiger partial charge in [0.2, 0.25) is 0 Å². The first-order valence-corrected chi connectivity index (χ1v) is 12.2. The highest BCUT2D eigenvalue weighted by molar-refractivity contribution is 6.74. The van der Waals surface area contributed by atoms with E-state index in [1.54, 1.807) is 0 Å². The summed E-state index contributed by atoms with van der Waals surface area (Å²) < 4.78 is 18.9. The highest BCUT2D eigenvalue weighted by Crippen LogP contribution is 2.45. The minimum atomic E-state index is -1.88. The normalized spacial score (nSPS) is 33.8. The average Bonchev–Trinajstić information content (AvgIpc) is 2.89. The Kier molecular flexibility index (Phi) is 5.17. The van der Waals surface area contributed by atoms with Crippen LogP contribution in [0.25, 0.3) is 0 Å². The lowest BCUT2D eigenvalue weighted by atomic mass is 9.82. The Hall–Kier alpha value is -0.723. The number of benzene rings is 1. The van der Waals surface area contributed by atoms with Gasteiger partial charge in [0.1, 0.15) is 0 Å². The summed E-state index contributed by atoms with van der Waals surface area (Å²) in [4.78, 5) is 0. The Morgan fingerprint density at radius 3 is 2.48 bits per heavy atom. The molecule has 1 heterocycles. The van der Waals surface area contributed by atoms with E-state index in [2.05, 4.69) is 33.9 Å². The molecule has 1 aromatic rings. The van der Waals surface area contributed by atoms with Gasteiger partial charge in [-0.2, -0.15) is 0 Å². The van der Waals surface area contributed by atoms with Crippen molar-refractivity contribution in [3.05, 3.63) is 35.9 Å². The van der Waals surface area contributed by atoms with E-state index in [0.717, 1.165) is 12.0 Å². The van der Waals surface area contributed by atoms with E-state index in [0.29, 0.717) is 19.4 Å². The van der Waals surface area contributed by atoms with Crippen LogP contribution in [0.1, 0.15) is 51.9 Å². The molecule has 1 saturated heterocycles. The Labute approximate surface area is 152 Å². The van der Waals surface area contributed by atoms with Crippen LogP contribution >= 0.6 is 0 Å². The molecule has 1 N–H and O–H groups in total. The summed E-state index contributed by atoms with van der Waals surface area (Å²) in [5.41, 5.74) is 0.590. The Morgan fingerprint density at radius 2 is 1.84 bits per heavy atom. The molecule has 0 amide bonds. The predicted molar refractivity (Wildman–Crippen MR) is 101 cm³/mol. The molecule has 2 aliphatic rings. The molecule has 1 spiro atoms. The van der Waals surface area contributed by atoms with Gasteiger partial charge >= 0.3 is 0 Å². The number of hydrogen-bond donors (Lipinski definition) is 1. The summed E-state index contributed by atoms with van der Waals surface area (Å²) in [5, 5.41) is 10.6. The third-order valence-electron chi connectivity index (χ3n) is 5.94. The Morgan fingerprint density at radius 1 is 1.16 bits per heavy atom. The Bertz CT molecular complexity index is 583. The molecule has 5 heteroatoms. The zero-order valence-electron chi connectivity index (χ0n) is 16.1. The van der Waals surface area contributed by atoms with Gasteiger partial charge in [-0.05, 0) is 24.6 Å². The van der Waals surface area contributed by atoms with E-state index in [1.807, 2.05) is 30.3 Å². The molecule has 1 aliphatic carbocycles. The fourth-order valence-electron chi connectivity index (χ4n) is 3.59. The van der Waals surface area contributed by atoms with Gasteiger partial charge in [-0.1, -0.05) is 51.1 Å². The first-order chi connectivity index (χ1) is 11.6. The van der Waals surface area contributed by atoms with Crippen LogP contribution in [0.4, 0.5) is 0 Å². The number of aliphatic hydroxyl groups is 1. The van der Waals surface area contributed by atoms with Crippen LogP contribution in [0.15, 0.2) is 30.3 Å². The van der Waals surface area contributed by atoms with E-state index in [-0.39, 0.29) is 17.4 Å². The summed E-state index contributed by atoms with van der Waals surface area (Å²) in [5.74, 6) is 0. The summed E-state index contributed by atoms with van der Waals surface area (Å²) in [6, 6.07) is 10.0. The van der Waals surface area contributed by atoms with E-state index in [1.165, 1.54) is 0 Å². The molecule has 1 aromatic carbocycles. The van der Waals surface area contributed by atoms with Gasteiger partial charge in [-0.25, -0.2) is 0 Å². The molecule has 4 atom stereocenters. The van der Waals surface area contributed by atoms with Gasteiger partial charge in [0.25, 0.3) is 0 Å². The van der Waals surface area contributed by atoms with Crippen LogP contribution in [0, 0.1) is 0 Å². The quantitative estimate of drug-likeness (QED) is 0.807. The summed E-state index contributed by atoms with van der Waals surface area (Å²) in [6.07, 6.45) is 1.38. The molecule has 140 valence electrons. The first-order valence-electron chi connectivity index (χ1n) is 9.31. The second-order valence-corrected chi connectivity index (χ2v) is 13.9. The lowest BCUT2D eigenvalue weighted by molar-refractivity contribution is -0.134. The maximum atomic E-state index is 10.5. The molecule has 0 radical (unpaired) electrons. The van der Waals surface area contributed by atoms with Crippen molar-refractivity contribution in [1.82, 2.24) is 0 Å². The SMILES string of the molecule is CC(C)(C)[Si](C)(C)OC1C[C@@H](O)C[C@@]2(CO[C@H](c3ccccc3)O2)C1. The molecule has 0 bridgehead atoms. The van der Waals surface area contributed by atoms with Crippen molar-refractivity contribution in [2.75, 3.05) is 6.61 Å². The molecular formula is C20H32O4Si. The second kappa shape index (κ2) is 6.78. The molecule has 1 unspecified atom stereocenters. The van der Waals surface area contributed by atoms with Crippen LogP contribution < -0.4 is 0 Å². The van der Waals surface area contributed by atoms with Gasteiger partial charge in [-0.15, -0.1) is 0 Å². The first kappa shape index (κ1) is 19.0. The maximum Gasteiger partial charge on any atom is 0.192 e. The van der Waals surface area contributed by atoms with Crippen LogP contribution in [0.5, 0.6) is 0 Å². The van der Waals surface area contributed by atoms with Crippen molar-refractivity contribution in [3.8, 4) is 0 Å². The highest BCUT2D eigenvalue weighted by Gasteiger charge is 2.50. The standard InChI is InChI=1S/C20H32O4Si/c1-19(2,3)25(4,5)24-17-11-16(21)12-20(13-17)14-22-18(23-20)15-9-7-6-8-10-15/h6-10,16-18,21H,11-14H2,1-5H3/t16-,17?,18+,20+/m1/s1. The van der Waals surface area contributed by atoms with Gasteiger partial charge in [0.15, 0.2) is 14.6 Å². The fourth-order valence-corrected chi connectivity index (χ4v) is 4.96. The fraction of sp³-hybridized carbons (Fsp3) is 0.700. The number of rotatable bonds is 3.